The molecule has 0 spiro atoms. The lowest BCUT2D eigenvalue weighted by Crippen LogP contribution is -2.28. The number of sulfone groups is 1. The number of nitrogens with zero attached hydrogens (tertiary/aromatic N) is 4. The summed E-state index contributed by atoms with van der Waals surface area (Å²) in [7, 11) is -3.36. The number of anilines is 1. The van der Waals surface area contributed by atoms with E-state index in [1.807, 2.05) is 26.8 Å². The molecule has 0 fully saturated rings. The van der Waals surface area contributed by atoms with E-state index in [0.717, 1.165) is 11.1 Å². The smallest absolute Gasteiger partial charge is 0.294 e. The number of halogens is 1. The Bertz CT molecular complexity index is 1250. The van der Waals surface area contributed by atoms with E-state index in [-0.39, 0.29) is 34.6 Å². The van der Waals surface area contributed by atoms with Crippen LogP contribution in [0.4, 0.5) is 5.82 Å². The Morgan fingerprint density at radius 1 is 1.19 bits per heavy atom. The summed E-state index contributed by atoms with van der Waals surface area (Å²) < 4.78 is 25.4. The molecule has 0 saturated carbocycles. The maximum Gasteiger partial charge on any atom is 0.294 e. The predicted octanol–water partition coefficient (Wildman–Crippen LogP) is 3.46. The van der Waals surface area contributed by atoms with Gasteiger partial charge in [-0.1, -0.05) is 45.4 Å². The van der Waals surface area contributed by atoms with Crippen molar-refractivity contribution in [3.05, 3.63) is 51.0 Å². The van der Waals surface area contributed by atoms with Crippen LogP contribution in [-0.2, 0) is 29.3 Å². The van der Waals surface area contributed by atoms with Crippen LogP contribution >= 0.6 is 11.6 Å². The summed E-state index contributed by atoms with van der Waals surface area (Å²) in [5.41, 5.74) is 2.36. The lowest BCUT2D eigenvalue weighted by atomic mass is 10.2. The Balaban J connectivity index is 1.97. The Kier molecular flexibility index (Phi) is 6.96. The van der Waals surface area contributed by atoms with Gasteiger partial charge in [-0.15, -0.1) is 0 Å². The SMILES string of the molecule is CCc1cc2nc(NCc3ccc(S(=O)(=O)CC)nc3)c(=O)n(CC(C)C)c2nc1Cl. The molecule has 0 unspecified atom stereocenters. The van der Waals surface area contributed by atoms with E-state index in [9.17, 15) is 13.2 Å². The molecule has 0 aliphatic heterocycles. The van der Waals surface area contributed by atoms with Gasteiger partial charge < -0.3 is 5.32 Å². The molecule has 1 N–H and O–H groups in total. The van der Waals surface area contributed by atoms with Crippen LogP contribution < -0.4 is 10.9 Å². The quantitative estimate of drug-likeness (QED) is 0.509. The van der Waals surface area contributed by atoms with Crippen molar-refractivity contribution >= 4 is 38.4 Å². The molecule has 0 radical (unpaired) electrons. The number of aryl methyl sites for hydroxylation is 1. The third-order valence-electron chi connectivity index (χ3n) is 4.83. The number of nitrogens with one attached hydrogen (secondary N) is 1. The number of fused-ring (bicyclic) bond motifs is 1. The molecule has 0 atom stereocenters. The van der Waals surface area contributed by atoms with Gasteiger partial charge in [-0.2, -0.15) is 0 Å². The first-order valence-corrected chi connectivity index (χ1v) is 12.2. The van der Waals surface area contributed by atoms with Crippen molar-refractivity contribution in [1.82, 2.24) is 19.5 Å². The fourth-order valence-electron chi connectivity index (χ4n) is 3.12. The summed E-state index contributed by atoms with van der Waals surface area (Å²) in [6, 6.07) is 5.00. The Labute approximate surface area is 186 Å². The maximum absolute atomic E-state index is 13.1. The van der Waals surface area contributed by atoms with E-state index in [4.69, 9.17) is 11.6 Å². The zero-order valence-corrected chi connectivity index (χ0v) is 19.6. The minimum atomic E-state index is -3.36. The van der Waals surface area contributed by atoms with E-state index < -0.39 is 9.84 Å². The number of rotatable bonds is 8. The molecule has 0 aliphatic carbocycles. The lowest BCUT2D eigenvalue weighted by Gasteiger charge is -2.15. The van der Waals surface area contributed by atoms with Crippen LogP contribution in [0.25, 0.3) is 11.2 Å². The van der Waals surface area contributed by atoms with Crippen LogP contribution in [0.5, 0.6) is 0 Å². The first-order valence-electron chi connectivity index (χ1n) is 10.2. The highest BCUT2D eigenvalue weighted by molar-refractivity contribution is 7.91. The van der Waals surface area contributed by atoms with Crippen LogP contribution in [-0.4, -0.2) is 33.7 Å². The van der Waals surface area contributed by atoms with Crippen molar-refractivity contribution in [3.8, 4) is 0 Å². The highest BCUT2D eigenvalue weighted by Crippen LogP contribution is 2.21. The summed E-state index contributed by atoms with van der Waals surface area (Å²) in [4.78, 5) is 26.1. The summed E-state index contributed by atoms with van der Waals surface area (Å²) in [6.45, 7) is 8.35. The maximum atomic E-state index is 13.1. The lowest BCUT2D eigenvalue weighted by molar-refractivity contribution is 0.520. The van der Waals surface area contributed by atoms with Crippen LogP contribution in [0.1, 0.15) is 38.8 Å². The molecule has 3 aromatic rings. The topological polar surface area (TPSA) is 107 Å². The van der Waals surface area contributed by atoms with Crippen molar-refractivity contribution in [3.63, 3.8) is 0 Å². The van der Waals surface area contributed by atoms with Gasteiger partial charge >= 0.3 is 0 Å². The zero-order valence-electron chi connectivity index (χ0n) is 18.0. The zero-order chi connectivity index (χ0) is 22.8. The van der Waals surface area contributed by atoms with E-state index in [2.05, 4.69) is 20.3 Å². The fraction of sp³-hybridized carbons (Fsp3) is 0.429. The summed E-state index contributed by atoms with van der Waals surface area (Å²) in [5, 5.41) is 3.48. The molecular formula is C21H26ClN5O3S. The Morgan fingerprint density at radius 3 is 2.52 bits per heavy atom. The molecule has 0 bridgehead atoms. The molecule has 3 heterocycles. The van der Waals surface area contributed by atoms with Gasteiger partial charge in [-0.25, -0.2) is 23.4 Å². The molecule has 10 heteroatoms. The summed E-state index contributed by atoms with van der Waals surface area (Å²) >= 11 is 6.28. The summed E-state index contributed by atoms with van der Waals surface area (Å²) in [5.74, 6) is 0.413. The van der Waals surface area contributed by atoms with Crippen molar-refractivity contribution < 1.29 is 8.42 Å². The molecule has 0 aliphatic rings. The standard InChI is InChI=1S/C21H26ClN5O3S/c1-5-15-9-16-20(26-18(15)22)27(12-13(3)4)21(28)19(25-16)24-11-14-7-8-17(23-10-14)31(29,30)6-2/h7-10,13H,5-6,11-12H2,1-4H3,(H,24,25). The number of hydrogen-bond acceptors (Lipinski definition) is 7. The normalized spacial score (nSPS) is 11.9. The van der Waals surface area contributed by atoms with Crippen molar-refractivity contribution in [2.45, 2.75) is 52.2 Å². The molecule has 166 valence electrons. The van der Waals surface area contributed by atoms with Gasteiger partial charge in [-0.3, -0.25) is 9.36 Å². The molecule has 31 heavy (non-hydrogen) atoms. The van der Waals surface area contributed by atoms with Gasteiger partial charge in [0.05, 0.1) is 5.75 Å². The monoisotopic (exact) mass is 463 g/mol. The second-order valence-corrected chi connectivity index (χ2v) is 10.2. The second kappa shape index (κ2) is 9.32. The average molecular weight is 464 g/mol. The molecule has 0 saturated heterocycles. The minimum Gasteiger partial charge on any atom is -0.361 e. The van der Waals surface area contributed by atoms with Gasteiger partial charge in [0.2, 0.25) is 0 Å². The van der Waals surface area contributed by atoms with Gasteiger partial charge in [0, 0.05) is 19.3 Å². The van der Waals surface area contributed by atoms with Crippen LogP contribution in [0.2, 0.25) is 5.15 Å². The molecule has 3 rings (SSSR count). The highest BCUT2D eigenvalue weighted by Gasteiger charge is 2.16. The molecule has 0 amide bonds. The number of hydrogen-bond donors (Lipinski definition) is 1. The number of aromatic nitrogens is 4. The third-order valence-corrected chi connectivity index (χ3v) is 6.80. The van der Waals surface area contributed by atoms with Crippen molar-refractivity contribution in [2.75, 3.05) is 11.1 Å². The first kappa shape index (κ1) is 23.1. The van der Waals surface area contributed by atoms with Gasteiger partial charge in [-0.05, 0) is 35.6 Å². The third kappa shape index (κ3) is 5.04. The molecule has 8 nitrogen and oxygen atoms in total. The molecular weight excluding hydrogens is 438 g/mol. The van der Waals surface area contributed by atoms with Gasteiger partial charge in [0.1, 0.15) is 10.7 Å². The van der Waals surface area contributed by atoms with E-state index >= 15 is 0 Å². The van der Waals surface area contributed by atoms with Gasteiger partial charge in [0.25, 0.3) is 5.56 Å². The van der Waals surface area contributed by atoms with E-state index in [1.54, 1.807) is 17.6 Å². The predicted molar refractivity (Wildman–Crippen MR) is 122 cm³/mol. The van der Waals surface area contributed by atoms with Gasteiger partial charge in [0.15, 0.2) is 26.3 Å². The minimum absolute atomic E-state index is 0.00814. The fourth-order valence-corrected chi connectivity index (χ4v) is 4.17. The molecule has 3 aromatic heterocycles. The van der Waals surface area contributed by atoms with Crippen LogP contribution in [0.3, 0.4) is 0 Å². The second-order valence-electron chi connectivity index (χ2n) is 7.67. The Morgan fingerprint density at radius 2 is 1.94 bits per heavy atom. The summed E-state index contributed by atoms with van der Waals surface area (Å²) in [6.07, 6.45) is 2.19. The number of pyridine rings is 2. The largest absolute Gasteiger partial charge is 0.361 e. The molecule has 0 aromatic carbocycles. The van der Waals surface area contributed by atoms with E-state index in [1.165, 1.54) is 12.3 Å². The highest BCUT2D eigenvalue weighted by atomic mass is 35.5. The van der Waals surface area contributed by atoms with E-state index in [0.29, 0.717) is 29.3 Å². The van der Waals surface area contributed by atoms with Crippen molar-refractivity contribution in [2.24, 2.45) is 5.92 Å². The van der Waals surface area contributed by atoms with Crippen LogP contribution in [0, 0.1) is 5.92 Å². The Hall–Kier alpha value is -2.52. The average Bonchev–Trinajstić information content (AvgIpc) is 2.74. The van der Waals surface area contributed by atoms with Crippen molar-refractivity contribution in [1.29, 1.82) is 0 Å². The van der Waals surface area contributed by atoms with Crippen LogP contribution in [0.15, 0.2) is 34.2 Å². The first-order chi connectivity index (χ1) is 14.7.